The minimum absolute atomic E-state index is 0.0111. The summed E-state index contributed by atoms with van der Waals surface area (Å²) in [4.78, 5) is 27.8. The molecule has 0 aliphatic carbocycles. The van der Waals surface area contributed by atoms with E-state index in [1.807, 2.05) is 13.0 Å². The van der Waals surface area contributed by atoms with Crippen LogP contribution in [0.1, 0.15) is 37.4 Å². The molecule has 0 spiro atoms. The molecule has 23 heavy (non-hydrogen) atoms. The Hall–Kier alpha value is -2.30. The molecule has 0 saturated heterocycles. The lowest BCUT2D eigenvalue weighted by atomic mass is 10.0. The second-order valence-corrected chi connectivity index (χ2v) is 5.64. The maximum absolute atomic E-state index is 12.7. The SMILES string of the molecule is CCCCNC(=O)CCc1c(C)[nH]c2c(OC)cccc2c1=O. The van der Waals surface area contributed by atoms with Gasteiger partial charge in [-0.3, -0.25) is 9.59 Å². The van der Waals surface area contributed by atoms with Crippen LogP contribution in [0, 0.1) is 6.92 Å². The first kappa shape index (κ1) is 17.1. The number of benzene rings is 1. The van der Waals surface area contributed by atoms with Gasteiger partial charge in [0.25, 0.3) is 0 Å². The van der Waals surface area contributed by atoms with Crippen LogP contribution in [-0.4, -0.2) is 24.5 Å². The van der Waals surface area contributed by atoms with Crippen molar-refractivity contribution in [2.45, 2.75) is 39.5 Å². The van der Waals surface area contributed by atoms with Gasteiger partial charge in [-0.05, 0) is 31.9 Å². The number of nitrogens with one attached hydrogen (secondary N) is 2. The minimum Gasteiger partial charge on any atom is -0.495 e. The van der Waals surface area contributed by atoms with Gasteiger partial charge in [0.05, 0.1) is 12.6 Å². The molecule has 0 fully saturated rings. The standard InChI is InChI=1S/C18H24N2O3/c1-4-5-11-19-16(21)10-9-13-12(2)20-17-14(18(13)22)7-6-8-15(17)23-3/h6-8H,4-5,9-11H2,1-3H3,(H,19,21)(H,20,22). The Morgan fingerprint density at radius 1 is 1.35 bits per heavy atom. The summed E-state index contributed by atoms with van der Waals surface area (Å²) in [5.74, 6) is 0.634. The number of carbonyl (C=O) groups excluding carboxylic acids is 1. The Kier molecular flexibility index (Phi) is 5.79. The molecule has 1 heterocycles. The van der Waals surface area contributed by atoms with Gasteiger partial charge in [0.2, 0.25) is 5.91 Å². The first-order valence-corrected chi connectivity index (χ1v) is 8.03. The quantitative estimate of drug-likeness (QED) is 0.772. The third-order valence-corrected chi connectivity index (χ3v) is 3.98. The highest BCUT2D eigenvalue weighted by Gasteiger charge is 2.13. The lowest BCUT2D eigenvalue weighted by Gasteiger charge is -2.11. The Morgan fingerprint density at radius 2 is 2.13 bits per heavy atom. The topological polar surface area (TPSA) is 71.2 Å². The smallest absolute Gasteiger partial charge is 0.220 e. The molecule has 0 unspecified atom stereocenters. The molecule has 2 rings (SSSR count). The van der Waals surface area contributed by atoms with E-state index in [0.717, 1.165) is 18.5 Å². The van der Waals surface area contributed by atoms with E-state index in [9.17, 15) is 9.59 Å². The fourth-order valence-electron chi connectivity index (χ4n) is 2.65. The second-order valence-electron chi connectivity index (χ2n) is 5.64. The van der Waals surface area contributed by atoms with Crippen molar-refractivity contribution in [2.75, 3.05) is 13.7 Å². The molecule has 1 amide bonds. The van der Waals surface area contributed by atoms with Crippen molar-refractivity contribution >= 4 is 16.8 Å². The Bertz CT molecular complexity index is 750. The third kappa shape index (κ3) is 3.92. The molecule has 5 heteroatoms. The number of fused-ring (bicyclic) bond motifs is 1. The molecule has 0 radical (unpaired) electrons. The van der Waals surface area contributed by atoms with Crippen LogP contribution < -0.4 is 15.5 Å². The van der Waals surface area contributed by atoms with Gasteiger partial charge in [-0.25, -0.2) is 0 Å². The van der Waals surface area contributed by atoms with Crippen molar-refractivity contribution in [2.24, 2.45) is 0 Å². The fourth-order valence-corrected chi connectivity index (χ4v) is 2.65. The zero-order valence-corrected chi connectivity index (χ0v) is 14.0. The first-order valence-electron chi connectivity index (χ1n) is 8.03. The van der Waals surface area contributed by atoms with Gasteiger partial charge < -0.3 is 15.0 Å². The van der Waals surface area contributed by atoms with Crippen LogP contribution in [0.2, 0.25) is 0 Å². The number of methoxy groups -OCH3 is 1. The molecule has 2 aromatic rings. The summed E-state index contributed by atoms with van der Waals surface area (Å²) in [6.45, 7) is 4.63. The molecule has 0 atom stereocenters. The highest BCUT2D eigenvalue weighted by molar-refractivity contribution is 5.85. The van der Waals surface area contributed by atoms with Gasteiger partial charge in [0.15, 0.2) is 5.43 Å². The molecule has 0 saturated carbocycles. The predicted molar refractivity (Wildman–Crippen MR) is 92.1 cm³/mol. The first-order chi connectivity index (χ1) is 11.1. The van der Waals surface area contributed by atoms with Crippen LogP contribution >= 0.6 is 0 Å². The van der Waals surface area contributed by atoms with Crippen LogP contribution in [0.3, 0.4) is 0 Å². The van der Waals surface area contributed by atoms with Crippen LogP contribution in [0.4, 0.5) is 0 Å². The summed E-state index contributed by atoms with van der Waals surface area (Å²) in [6, 6.07) is 5.40. The maximum Gasteiger partial charge on any atom is 0.220 e. The van der Waals surface area contributed by atoms with E-state index >= 15 is 0 Å². The average Bonchev–Trinajstić information content (AvgIpc) is 2.54. The minimum atomic E-state index is -0.0310. The number of H-pyrrole nitrogens is 1. The maximum atomic E-state index is 12.7. The fraction of sp³-hybridized carbons (Fsp3) is 0.444. The van der Waals surface area contributed by atoms with Crippen LogP contribution in [0.25, 0.3) is 10.9 Å². The number of para-hydroxylation sites is 1. The molecule has 5 nitrogen and oxygen atoms in total. The molecule has 0 bridgehead atoms. The monoisotopic (exact) mass is 316 g/mol. The molecular weight excluding hydrogens is 292 g/mol. The molecule has 1 aromatic heterocycles. The van der Waals surface area contributed by atoms with Crippen LogP contribution in [0.5, 0.6) is 5.75 Å². The van der Waals surface area contributed by atoms with Gasteiger partial charge in [0, 0.05) is 29.6 Å². The van der Waals surface area contributed by atoms with Gasteiger partial charge >= 0.3 is 0 Å². The van der Waals surface area contributed by atoms with E-state index in [1.54, 1.807) is 19.2 Å². The number of hydrogen-bond donors (Lipinski definition) is 2. The molecule has 124 valence electrons. The Labute approximate surface area is 136 Å². The molecule has 1 aromatic carbocycles. The van der Waals surface area contributed by atoms with E-state index in [0.29, 0.717) is 41.6 Å². The summed E-state index contributed by atoms with van der Waals surface area (Å²) in [5.41, 5.74) is 2.12. The van der Waals surface area contributed by atoms with E-state index in [-0.39, 0.29) is 11.3 Å². The van der Waals surface area contributed by atoms with E-state index in [2.05, 4.69) is 17.2 Å². The number of hydrogen-bond acceptors (Lipinski definition) is 3. The lowest BCUT2D eigenvalue weighted by Crippen LogP contribution is -2.25. The summed E-state index contributed by atoms with van der Waals surface area (Å²) in [5, 5.41) is 3.47. The number of aromatic amines is 1. The number of rotatable bonds is 7. The van der Waals surface area contributed by atoms with Crippen molar-refractivity contribution in [3.8, 4) is 5.75 Å². The van der Waals surface area contributed by atoms with Gasteiger partial charge in [0.1, 0.15) is 5.75 Å². The number of carbonyl (C=O) groups is 1. The van der Waals surface area contributed by atoms with Crippen molar-refractivity contribution in [3.05, 3.63) is 39.7 Å². The van der Waals surface area contributed by atoms with Crippen molar-refractivity contribution in [3.63, 3.8) is 0 Å². The number of aryl methyl sites for hydroxylation is 1. The average molecular weight is 316 g/mol. The highest BCUT2D eigenvalue weighted by atomic mass is 16.5. The number of pyridine rings is 1. The highest BCUT2D eigenvalue weighted by Crippen LogP contribution is 2.22. The number of unbranched alkanes of at least 4 members (excludes halogenated alkanes) is 1. The summed E-state index contributed by atoms with van der Waals surface area (Å²) >= 11 is 0. The number of ether oxygens (including phenoxy) is 1. The predicted octanol–water partition coefficient (Wildman–Crippen LogP) is 2.69. The number of amides is 1. The molecular formula is C18H24N2O3. The summed E-state index contributed by atoms with van der Waals surface area (Å²) < 4.78 is 5.30. The second kappa shape index (κ2) is 7.81. The van der Waals surface area contributed by atoms with Crippen molar-refractivity contribution < 1.29 is 9.53 Å². The number of aromatic nitrogens is 1. The van der Waals surface area contributed by atoms with Crippen LogP contribution in [-0.2, 0) is 11.2 Å². The summed E-state index contributed by atoms with van der Waals surface area (Å²) in [6.07, 6.45) is 2.78. The summed E-state index contributed by atoms with van der Waals surface area (Å²) in [7, 11) is 1.58. The lowest BCUT2D eigenvalue weighted by molar-refractivity contribution is -0.121. The van der Waals surface area contributed by atoms with E-state index in [1.165, 1.54) is 0 Å². The van der Waals surface area contributed by atoms with Crippen molar-refractivity contribution in [1.29, 1.82) is 0 Å². The van der Waals surface area contributed by atoms with E-state index in [4.69, 9.17) is 4.74 Å². The normalized spacial score (nSPS) is 10.7. The Morgan fingerprint density at radius 3 is 2.83 bits per heavy atom. The van der Waals surface area contributed by atoms with Gasteiger partial charge in [-0.1, -0.05) is 19.4 Å². The van der Waals surface area contributed by atoms with Gasteiger partial charge in [-0.15, -0.1) is 0 Å². The van der Waals surface area contributed by atoms with E-state index < -0.39 is 0 Å². The van der Waals surface area contributed by atoms with Crippen LogP contribution in [0.15, 0.2) is 23.0 Å². The molecule has 2 N–H and O–H groups in total. The largest absolute Gasteiger partial charge is 0.495 e. The zero-order chi connectivity index (χ0) is 16.8. The Balaban J connectivity index is 2.22. The van der Waals surface area contributed by atoms with Gasteiger partial charge in [-0.2, -0.15) is 0 Å². The molecule has 0 aliphatic rings. The van der Waals surface area contributed by atoms with Crippen molar-refractivity contribution in [1.82, 2.24) is 10.3 Å². The third-order valence-electron chi connectivity index (χ3n) is 3.98. The zero-order valence-electron chi connectivity index (χ0n) is 14.0. The molecule has 0 aliphatic heterocycles.